The number of carbonyl (C=O) groups is 2. The first kappa shape index (κ1) is 32.0. The zero-order chi connectivity index (χ0) is 28.9. The fourth-order valence-electron chi connectivity index (χ4n) is 4.40. The molecule has 7 nitrogen and oxygen atoms in total. The molecule has 0 bridgehead atoms. The van der Waals surface area contributed by atoms with Gasteiger partial charge in [-0.15, -0.1) is 0 Å². The first-order valence-corrected chi connectivity index (χ1v) is 13.8. The van der Waals surface area contributed by atoms with Crippen LogP contribution in [0, 0.1) is 0 Å². The zero-order valence-electron chi connectivity index (χ0n) is 22.4. The van der Waals surface area contributed by atoms with Crippen molar-refractivity contribution >= 4 is 46.7 Å². The summed E-state index contributed by atoms with van der Waals surface area (Å²) in [6.07, 6.45) is -0.00815. The molecule has 0 aliphatic carbocycles. The van der Waals surface area contributed by atoms with E-state index in [1.165, 1.54) is 6.07 Å². The van der Waals surface area contributed by atoms with Crippen LogP contribution >= 0.6 is 34.8 Å². The molecule has 0 aromatic heterocycles. The van der Waals surface area contributed by atoms with Gasteiger partial charge in [-0.2, -0.15) is 0 Å². The smallest absolute Gasteiger partial charge is 0.549 e. The van der Waals surface area contributed by atoms with Crippen molar-refractivity contribution in [1.82, 2.24) is 5.32 Å². The van der Waals surface area contributed by atoms with E-state index in [0.717, 1.165) is 5.56 Å². The monoisotopic (exact) mass is 633 g/mol. The number of carbonyl (C=O) groups excluding carboxylic acids is 2. The standard InChI is InChI=1S/C31H24Cl3NO6.Na/c32-20-8-4-18(5-9-20)14-29(41-23-3-1-2-21(33)15-23)35-30(36)19-6-10-22(11-7-19)40-28-17-27-25(16-26(28)34)24(31(37)38)12-13-39-27;/h1-11,15-17,24,29H,12-14H2,(H,35,36)(H,37,38);/q;+1/p-1. The average Bonchev–Trinajstić information content (AvgIpc) is 2.94. The minimum Gasteiger partial charge on any atom is -0.549 e. The maximum Gasteiger partial charge on any atom is 1.00 e. The summed E-state index contributed by atoms with van der Waals surface area (Å²) in [5, 5.41) is 15.7. The topological polar surface area (TPSA) is 96.9 Å². The maximum absolute atomic E-state index is 13.2. The van der Waals surface area contributed by atoms with Gasteiger partial charge in [0.05, 0.1) is 11.6 Å². The number of hydrogen-bond donors (Lipinski definition) is 1. The number of carboxylic acids is 1. The minimum absolute atomic E-state index is 0. The number of benzene rings is 4. The fraction of sp³-hybridized carbons (Fsp3) is 0.161. The zero-order valence-corrected chi connectivity index (χ0v) is 26.7. The van der Waals surface area contributed by atoms with E-state index < -0.39 is 18.1 Å². The Hall–Kier alpha value is -2.91. The summed E-state index contributed by atoms with van der Waals surface area (Å²) in [4.78, 5) is 24.6. The van der Waals surface area contributed by atoms with Crippen LogP contribution in [-0.4, -0.2) is 24.7 Å². The molecule has 4 aromatic carbocycles. The number of aliphatic carboxylic acids is 1. The maximum atomic E-state index is 13.2. The van der Waals surface area contributed by atoms with E-state index in [9.17, 15) is 14.7 Å². The molecule has 1 heterocycles. The summed E-state index contributed by atoms with van der Waals surface area (Å²) in [7, 11) is 0. The van der Waals surface area contributed by atoms with Gasteiger partial charge in [0.2, 0.25) is 0 Å². The van der Waals surface area contributed by atoms with Crippen LogP contribution in [0.3, 0.4) is 0 Å². The van der Waals surface area contributed by atoms with Crippen molar-refractivity contribution in [1.29, 1.82) is 0 Å². The summed E-state index contributed by atoms with van der Waals surface area (Å²) in [6, 6.07) is 23.8. The van der Waals surface area contributed by atoms with Gasteiger partial charge in [-0.05, 0) is 72.6 Å². The molecule has 0 fully saturated rings. The Kier molecular flexibility index (Phi) is 11.1. The number of carboxylic acid groups (broad SMARTS) is 1. The quantitative estimate of drug-likeness (QED) is 0.224. The molecule has 0 radical (unpaired) electrons. The van der Waals surface area contributed by atoms with E-state index in [0.29, 0.717) is 57.0 Å². The van der Waals surface area contributed by atoms with Crippen LogP contribution in [0.15, 0.2) is 84.9 Å². The van der Waals surface area contributed by atoms with Crippen LogP contribution < -0.4 is 54.2 Å². The molecule has 5 rings (SSSR count). The van der Waals surface area contributed by atoms with Crippen molar-refractivity contribution in [3.63, 3.8) is 0 Å². The number of amides is 1. The predicted molar refractivity (Wildman–Crippen MR) is 154 cm³/mol. The van der Waals surface area contributed by atoms with Gasteiger partial charge in [-0.1, -0.05) is 53.0 Å². The van der Waals surface area contributed by atoms with Crippen molar-refractivity contribution in [2.75, 3.05) is 6.61 Å². The second-order valence-corrected chi connectivity index (χ2v) is 10.6. The Morgan fingerprint density at radius 1 is 0.929 bits per heavy atom. The second-order valence-electron chi connectivity index (χ2n) is 9.32. The van der Waals surface area contributed by atoms with Gasteiger partial charge >= 0.3 is 29.6 Å². The molecule has 1 amide bonds. The first-order chi connectivity index (χ1) is 19.7. The molecule has 4 aromatic rings. The molecule has 11 heteroatoms. The Morgan fingerprint density at radius 3 is 2.36 bits per heavy atom. The largest absolute Gasteiger partial charge is 1.00 e. The second kappa shape index (κ2) is 14.5. The number of rotatable bonds is 9. The molecule has 1 aliphatic rings. The molecule has 42 heavy (non-hydrogen) atoms. The molecule has 1 N–H and O–H groups in total. The minimum atomic E-state index is -1.18. The van der Waals surface area contributed by atoms with Crippen molar-refractivity contribution in [2.24, 2.45) is 0 Å². The third-order valence-electron chi connectivity index (χ3n) is 6.43. The van der Waals surface area contributed by atoms with Crippen molar-refractivity contribution in [3.05, 3.63) is 117 Å². The Labute approximate surface area is 279 Å². The Bertz CT molecular complexity index is 1570. The van der Waals surface area contributed by atoms with E-state index in [1.54, 1.807) is 66.7 Å². The van der Waals surface area contributed by atoms with E-state index in [-0.39, 0.29) is 47.1 Å². The molecule has 0 saturated heterocycles. The molecule has 1 aliphatic heterocycles. The molecule has 0 spiro atoms. The number of nitrogens with one attached hydrogen (secondary N) is 1. The van der Waals surface area contributed by atoms with Gasteiger partial charge in [0, 0.05) is 45.5 Å². The molecule has 210 valence electrons. The summed E-state index contributed by atoms with van der Waals surface area (Å²) in [6.45, 7) is 0.247. The number of ether oxygens (including phenoxy) is 3. The predicted octanol–water partition coefficient (Wildman–Crippen LogP) is 3.44. The van der Waals surface area contributed by atoms with Crippen molar-refractivity contribution < 1.29 is 58.5 Å². The van der Waals surface area contributed by atoms with Crippen LogP contribution in [-0.2, 0) is 11.2 Å². The summed E-state index contributed by atoms with van der Waals surface area (Å²) in [5.41, 5.74) is 1.75. The van der Waals surface area contributed by atoms with Crippen LogP contribution in [0.4, 0.5) is 0 Å². The van der Waals surface area contributed by atoms with Crippen LogP contribution in [0.25, 0.3) is 0 Å². The van der Waals surface area contributed by atoms with E-state index in [2.05, 4.69) is 5.32 Å². The molecular weight excluding hydrogens is 612 g/mol. The van der Waals surface area contributed by atoms with Crippen molar-refractivity contribution in [3.8, 4) is 23.0 Å². The van der Waals surface area contributed by atoms with Gasteiger partial charge in [0.1, 0.15) is 23.0 Å². The van der Waals surface area contributed by atoms with E-state index >= 15 is 0 Å². The molecule has 2 atom stereocenters. The number of hydrogen-bond acceptors (Lipinski definition) is 6. The van der Waals surface area contributed by atoms with Crippen LogP contribution in [0.5, 0.6) is 23.0 Å². The SMILES string of the molecule is O=C(NC(Cc1ccc(Cl)cc1)Oc1cccc(Cl)c1)c1ccc(Oc2cc3c(cc2Cl)C(C(=O)[O-])CCO3)cc1.[Na+]. The number of halogens is 3. The third-order valence-corrected chi connectivity index (χ3v) is 7.22. The van der Waals surface area contributed by atoms with Gasteiger partial charge < -0.3 is 29.4 Å². The number of fused-ring (bicyclic) bond motifs is 1. The van der Waals surface area contributed by atoms with Crippen LogP contribution in [0.2, 0.25) is 15.1 Å². The van der Waals surface area contributed by atoms with Gasteiger partial charge in [-0.3, -0.25) is 4.79 Å². The van der Waals surface area contributed by atoms with Gasteiger partial charge in [-0.25, -0.2) is 0 Å². The molecule has 0 saturated carbocycles. The molecule has 2 unspecified atom stereocenters. The third kappa shape index (κ3) is 8.13. The van der Waals surface area contributed by atoms with Gasteiger partial charge in [0.25, 0.3) is 5.91 Å². The van der Waals surface area contributed by atoms with Crippen LogP contribution in [0.1, 0.15) is 33.8 Å². The summed E-state index contributed by atoms with van der Waals surface area (Å²) in [5.74, 6) is -0.727. The average molecular weight is 635 g/mol. The normalized spacial score (nSPS) is 14.4. The fourth-order valence-corrected chi connectivity index (χ4v) is 4.92. The van der Waals surface area contributed by atoms with E-state index in [4.69, 9.17) is 49.0 Å². The summed E-state index contributed by atoms with van der Waals surface area (Å²) < 4.78 is 17.6. The van der Waals surface area contributed by atoms with E-state index in [1.807, 2.05) is 12.1 Å². The van der Waals surface area contributed by atoms with Gasteiger partial charge in [0.15, 0.2) is 6.23 Å². The molecular formula is C31H23Cl3NNaO6. The Morgan fingerprint density at radius 2 is 1.67 bits per heavy atom. The first-order valence-electron chi connectivity index (χ1n) is 12.7. The summed E-state index contributed by atoms with van der Waals surface area (Å²) >= 11 is 18.5. The van der Waals surface area contributed by atoms with Crippen molar-refractivity contribution in [2.45, 2.75) is 25.0 Å². The Balaban J connectivity index is 0.00000405.